The number of nitrogens with zero attached hydrogens (tertiary/aromatic N) is 2. The maximum absolute atomic E-state index is 13.2. The minimum absolute atomic E-state index is 0.0555. The summed E-state index contributed by atoms with van der Waals surface area (Å²) in [6.07, 6.45) is 0.238. The molecule has 1 aromatic carbocycles. The highest BCUT2D eigenvalue weighted by atomic mass is 35.5. The molecule has 1 heterocycles. The second kappa shape index (κ2) is 6.35. The monoisotopic (exact) mass is 397 g/mol. The molecule has 4 rings (SSSR count). The van der Waals surface area contributed by atoms with Crippen LogP contribution < -0.4 is 5.32 Å². The minimum Gasteiger partial charge on any atom is -0.322 e. The van der Waals surface area contributed by atoms with Crippen LogP contribution >= 0.6 is 23.2 Å². The van der Waals surface area contributed by atoms with Gasteiger partial charge in [0.05, 0.1) is 11.8 Å². The molecular weight excluding hydrogens is 383 g/mol. The van der Waals surface area contributed by atoms with E-state index < -0.39 is 18.0 Å². The van der Waals surface area contributed by atoms with Crippen LogP contribution in [0, 0.1) is 0 Å². The molecule has 2 aliphatic carbocycles. The maximum atomic E-state index is 13.2. The lowest BCUT2D eigenvalue weighted by molar-refractivity contribution is 0.100. The molecule has 1 aromatic heterocycles. The Bertz CT molecular complexity index is 935. The fraction of sp³-hybridized carbons (Fsp3) is 0.333. The molecule has 1 fully saturated rings. The molecule has 8 heteroatoms. The number of alkyl halides is 2. The van der Waals surface area contributed by atoms with Crippen LogP contribution in [0.5, 0.6) is 0 Å². The largest absolute Gasteiger partial charge is 0.322 e. The van der Waals surface area contributed by atoms with Gasteiger partial charge in [0, 0.05) is 24.6 Å². The summed E-state index contributed by atoms with van der Waals surface area (Å²) in [5, 5.41) is 6.56. The first-order chi connectivity index (χ1) is 12.4. The Morgan fingerprint density at radius 2 is 2.04 bits per heavy atom. The van der Waals surface area contributed by atoms with Gasteiger partial charge in [0.1, 0.15) is 10.2 Å². The van der Waals surface area contributed by atoms with Crippen molar-refractivity contribution in [3.63, 3.8) is 0 Å². The predicted molar refractivity (Wildman–Crippen MR) is 96.0 cm³/mol. The number of amides is 1. The Labute approximate surface area is 158 Å². The molecule has 0 spiro atoms. The van der Waals surface area contributed by atoms with Crippen molar-refractivity contribution >= 4 is 34.8 Å². The summed E-state index contributed by atoms with van der Waals surface area (Å²) < 4.78 is 27.7. The van der Waals surface area contributed by atoms with E-state index in [0.29, 0.717) is 5.69 Å². The standard InChI is InChI=1S/C18H15Cl2F2N3O/c1-25-15(17(21)22)11(7-23-25)18(26)24-12-4-2-3-8-9-5-6-10(13(8)12)14(9)16(19)20/h2-4,7,9-10,17H,5-6H2,1H3,(H,24,26). The Hall–Kier alpha value is -1.92. The number of nitrogens with one attached hydrogen (secondary N) is 1. The van der Waals surface area contributed by atoms with E-state index >= 15 is 0 Å². The first-order valence-corrected chi connectivity index (χ1v) is 8.95. The molecule has 2 bridgehead atoms. The SMILES string of the molecule is Cn1ncc(C(=O)Nc2cccc3c2C2CCC3C2=C(Cl)Cl)c1C(F)F. The van der Waals surface area contributed by atoms with E-state index in [2.05, 4.69) is 10.4 Å². The highest BCUT2D eigenvalue weighted by Crippen LogP contribution is 2.60. The number of aromatic nitrogens is 2. The molecule has 2 aromatic rings. The van der Waals surface area contributed by atoms with Crippen molar-refractivity contribution < 1.29 is 13.6 Å². The summed E-state index contributed by atoms with van der Waals surface area (Å²) in [5.74, 6) is -0.390. The summed E-state index contributed by atoms with van der Waals surface area (Å²) in [7, 11) is 1.39. The number of fused-ring (bicyclic) bond motifs is 5. The minimum atomic E-state index is -2.79. The molecule has 26 heavy (non-hydrogen) atoms. The van der Waals surface area contributed by atoms with Crippen molar-refractivity contribution in [3.8, 4) is 0 Å². The smallest absolute Gasteiger partial charge is 0.280 e. The average molecular weight is 398 g/mol. The molecule has 4 nitrogen and oxygen atoms in total. The molecule has 0 aliphatic heterocycles. The van der Waals surface area contributed by atoms with Crippen LogP contribution in [0.1, 0.15) is 58.3 Å². The maximum Gasteiger partial charge on any atom is 0.280 e. The average Bonchev–Trinajstić information content (AvgIpc) is 3.26. The lowest BCUT2D eigenvalue weighted by Gasteiger charge is -2.18. The summed E-state index contributed by atoms with van der Waals surface area (Å²) in [6, 6.07) is 5.61. The van der Waals surface area contributed by atoms with Crippen molar-refractivity contribution in [1.82, 2.24) is 9.78 Å². The van der Waals surface area contributed by atoms with Gasteiger partial charge in [-0.15, -0.1) is 0 Å². The molecule has 0 saturated heterocycles. The third-order valence-electron chi connectivity index (χ3n) is 5.26. The van der Waals surface area contributed by atoms with E-state index in [1.165, 1.54) is 7.05 Å². The van der Waals surface area contributed by atoms with Crippen molar-refractivity contribution in [3.05, 3.63) is 56.8 Å². The van der Waals surface area contributed by atoms with Crippen molar-refractivity contribution in [2.75, 3.05) is 5.32 Å². The summed E-state index contributed by atoms with van der Waals surface area (Å²) in [5.41, 5.74) is 3.13. The number of benzene rings is 1. The Morgan fingerprint density at radius 1 is 1.31 bits per heavy atom. The number of allylic oxidation sites excluding steroid dienone is 1. The van der Waals surface area contributed by atoms with Crippen molar-refractivity contribution in [2.24, 2.45) is 7.05 Å². The fourth-order valence-electron chi connectivity index (χ4n) is 4.23. The number of aryl methyl sites for hydroxylation is 1. The Morgan fingerprint density at radius 3 is 2.73 bits per heavy atom. The van der Waals surface area contributed by atoms with E-state index in [1.807, 2.05) is 12.1 Å². The zero-order valence-electron chi connectivity index (χ0n) is 13.8. The number of rotatable bonds is 3. The van der Waals surface area contributed by atoms with Crippen LogP contribution in [0.3, 0.4) is 0 Å². The predicted octanol–water partition coefficient (Wildman–Crippen LogP) is 5.27. The number of halogens is 4. The molecule has 1 N–H and O–H groups in total. The van der Waals surface area contributed by atoms with Gasteiger partial charge in [-0.1, -0.05) is 35.3 Å². The van der Waals surface area contributed by atoms with Gasteiger partial charge in [0.2, 0.25) is 0 Å². The molecular formula is C18H15Cl2F2N3O. The Balaban J connectivity index is 1.71. The summed E-state index contributed by atoms with van der Waals surface area (Å²) in [6.45, 7) is 0. The van der Waals surface area contributed by atoms with Gasteiger partial charge >= 0.3 is 0 Å². The number of carbonyl (C=O) groups excluding carboxylic acids is 1. The van der Waals surface area contributed by atoms with Crippen LogP contribution in [-0.2, 0) is 7.05 Å². The van der Waals surface area contributed by atoms with Gasteiger partial charge in [-0.3, -0.25) is 9.48 Å². The molecule has 2 unspecified atom stereocenters. The fourth-order valence-corrected chi connectivity index (χ4v) is 4.76. The number of hydrogen-bond acceptors (Lipinski definition) is 2. The normalized spacial score (nSPS) is 20.6. The van der Waals surface area contributed by atoms with Crippen LogP contribution in [0.15, 0.2) is 34.5 Å². The zero-order chi connectivity index (χ0) is 18.6. The van der Waals surface area contributed by atoms with Crippen LogP contribution in [0.25, 0.3) is 0 Å². The van der Waals surface area contributed by atoms with E-state index in [1.54, 1.807) is 6.07 Å². The van der Waals surface area contributed by atoms with Gasteiger partial charge < -0.3 is 5.32 Å². The first-order valence-electron chi connectivity index (χ1n) is 8.19. The first kappa shape index (κ1) is 17.5. The quantitative estimate of drug-likeness (QED) is 0.766. The molecule has 0 radical (unpaired) electrons. The van der Waals surface area contributed by atoms with E-state index in [4.69, 9.17) is 23.2 Å². The highest BCUT2D eigenvalue weighted by Gasteiger charge is 2.44. The highest BCUT2D eigenvalue weighted by molar-refractivity contribution is 6.56. The topological polar surface area (TPSA) is 46.9 Å². The number of carbonyl (C=O) groups is 1. The molecule has 2 atom stereocenters. The third-order valence-corrected chi connectivity index (χ3v) is 5.70. The van der Waals surface area contributed by atoms with Gasteiger partial charge in [-0.05, 0) is 35.6 Å². The lowest BCUT2D eigenvalue weighted by Crippen LogP contribution is -2.16. The summed E-state index contributed by atoms with van der Waals surface area (Å²) in [4.78, 5) is 12.6. The number of anilines is 1. The second-order valence-corrected chi connectivity index (χ2v) is 7.48. The van der Waals surface area contributed by atoms with Gasteiger partial charge in [0.15, 0.2) is 0 Å². The van der Waals surface area contributed by atoms with E-state index in [0.717, 1.165) is 40.4 Å². The van der Waals surface area contributed by atoms with Gasteiger partial charge in [-0.25, -0.2) is 8.78 Å². The zero-order valence-corrected chi connectivity index (χ0v) is 15.3. The van der Waals surface area contributed by atoms with Crippen molar-refractivity contribution in [2.45, 2.75) is 31.1 Å². The van der Waals surface area contributed by atoms with Crippen LogP contribution in [0.4, 0.5) is 14.5 Å². The van der Waals surface area contributed by atoms with Crippen LogP contribution in [-0.4, -0.2) is 15.7 Å². The molecule has 1 amide bonds. The third kappa shape index (κ3) is 2.55. The molecule has 136 valence electrons. The molecule has 2 aliphatic rings. The molecule has 1 saturated carbocycles. The Kier molecular flexibility index (Phi) is 4.28. The van der Waals surface area contributed by atoms with Crippen LogP contribution in [0.2, 0.25) is 0 Å². The number of hydrogen-bond donors (Lipinski definition) is 1. The van der Waals surface area contributed by atoms with E-state index in [9.17, 15) is 13.6 Å². The van der Waals surface area contributed by atoms with E-state index in [-0.39, 0.29) is 21.9 Å². The van der Waals surface area contributed by atoms with Crippen molar-refractivity contribution in [1.29, 1.82) is 0 Å². The second-order valence-electron chi connectivity index (χ2n) is 6.53. The van der Waals surface area contributed by atoms with Gasteiger partial charge in [0.25, 0.3) is 12.3 Å². The van der Waals surface area contributed by atoms with Gasteiger partial charge in [-0.2, -0.15) is 5.10 Å². The lowest BCUT2D eigenvalue weighted by atomic mass is 9.90. The summed E-state index contributed by atoms with van der Waals surface area (Å²) >= 11 is 12.2.